The highest BCUT2D eigenvalue weighted by Gasteiger charge is 2.60. The molecule has 2 saturated heterocycles. The highest BCUT2D eigenvalue weighted by atomic mass is 16.2. The van der Waals surface area contributed by atoms with E-state index in [4.69, 9.17) is 0 Å². The van der Waals surface area contributed by atoms with Crippen molar-refractivity contribution in [1.82, 2.24) is 10.2 Å². The summed E-state index contributed by atoms with van der Waals surface area (Å²) < 4.78 is 0. The molecule has 5 nitrogen and oxygen atoms in total. The van der Waals surface area contributed by atoms with Crippen molar-refractivity contribution in [2.24, 2.45) is 11.8 Å². The predicted octanol–water partition coefficient (Wildman–Crippen LogP) is 2.19. The van der Waals surface area contributed by atoms with E-state index in [1.54, 1.807) is 0 Å². The van der Waals surface area contributed by atoms with Gasteiger partial charge in [-0.25, -0.2) is 4.79 Å². The topological polar surface area (TPSA) is 52.6 Å². The standard InChI is InChI=1S/C18H23N3O2/c1-11(2)12-4-3-5-13(8-12)20-9-14-15(10-20)17(14)21-7-6-16(22)19-18(21)23/h3-5,8,11,14-15,17H,6-7,9-10H2,1-2H3,(H,19,22,23). The Kier molecular flexibility index (Phi) is 3.32. The lowest BCUT2D eigenvalue weighted by Gasteiger charge is -2.30. The Morgan fingerprint density at radius 2 is 1.91 bits per heavy atom. The molecule has 5 heteroatoms. The van der Waals surface area contributed by atoms with E-state index in [2.05, 4.69) is 48.3 Å². The van der Waals surface area contributed by atoms with Crippen LogP contribution in [0.5, 0.6) is 0 Å². The van der Waals surface area contributed by atoms with Crippen molar-refractivity contribution < 1.29 is 9.59 Å². The number of carbonyl (C=O) groups is 2. The summed E-state index contributed by atoms with van der Waals surface area (Å²) in [5.74, 6) is 1.49. The summed E-state index contributed by atoms with van der Waals surface area (Å²) >= 11 is 0. The van der Waals surface area contributed by atoms with Crippen LogP contribution in [0.3, 0.4) is 0 Å². The molecule has 2 atom stereocenters. The number of anilines is 1. The maximum atomic E-state index is 12.0. The summed E-state index contributed by atoms with van der Waals surface area (Å²) in [6, 6.07) is 8.91. The Hall–Kier alpha value is -2.04. The van der Waals surface area contributed by atoms with E-state index in [1.165, 1.54) is 11.3 Å². The summed E-state index contributed by atoms with van der Waals surface area (Å²) in [5.41, 5.74) is 2.66. The third-order valence-electron chi connectivity index (χ3n) is 5.50. The van der Waals surface area contributed by atoms with E-state index < -0.39 is 0 Å². The number of nitrogens with one attached hydrogen (secondary N) is 1. The van der Waals surface area contributed by atoms with Gasteiger partial charge in [0, 0.05) is 49.6 Å². The number of benzene rings is 1. The Bertz CT molecular complexity index is 645. The molecule has 3 amide bonds. The van der Waals surface area contributed by atoms with Gasteiger partial charge in [0.15, 0.2) is 0 Å². The molecule has 4 rings (SSSR count). The van der Waals surface area contributed by atoms with Crippen LogP contribution in [0.4, 0.5) is 10.5 Å². The van der Waals surface area contributed by atoms with E-state index in [0.29, 0.717) is 36.8 Å². The average Bonchev–Trinajstić information content (AvgIpc) is 3.01. The second-order valence-corrected chi connectivity index (χ2v) is 7.27. The molecule has 1 aliphatic carbocycles. The fourth-order valence-corrected chi connectivity index (χ4v) is 4.11. The molecular weight excluding hydrogens is 290 g/mol. The van der Waals surface area contributed by atoms with Crippen LogP contribution in [0.25, 0.3) is 0 Å². The van der Waals surface area contributed by atoms with Crippen LogP contribution in [-0.4, -0.2) is 42.5 Å². The van der Waals surface area contributed by atoms with Crippen molar-refractivity contribution in [1.29, 1.82) is 0 Å². The van der Waals surface area contributed by atoms with Crippen LogP contribution in [0.15, 0.2) is 24.3 Å². The van der Waals surface area contributed by atoms with Gasteiger partial charge < -0.3 is 9.80 Å². The number of amides is 3. The number of imide groups is 1. The van der Waals surface area contributed by atoms with E-state index >= 15 is 0 Å². The molecule has 3 fully saturated rings. The number of piperidine rings is 1. The summed E-state index contributed by atoms with van der Waals surface area (Å²) in [7, 11) is 0. The Morgan fingerprint density at radius 3 is 2.57 bits per heavy atom. The number of rotatable bonds is 3. The zero-order chi connectivity index (χ0) is 16.1. The first-order valence-corrected chi connectivity index (χ1v) is 8.50. The van der Waals surface area contributed by atoms with Gasteiger partial charge in [0.05, 0.1) is 0 Å². The highest BCUT2D eigenvalue weighted by molar-refractivity contribution is 5.97. The molecule has 0 aromatic heterocycles. The van der Waals surface area contributed by atoms with Gasteiger partial charge in [-0.2, -0.15) is 0 Å². The van der Waals surface area contributed by atoms with E-state index in [1.807, 2.05) is 4.90 Å². The molecule has 0 spiro atoms. The molecule has 23 heavy (non-hydrogen) atoms. The van der Waals surface area contributed by atoms with Gasteiger partial charge in [-0.1, -0.05) is 26.0 Å². The molecular formula is C18H23N3O2. The number of urea groups is 1. The first-order chi connectivity index (χ1) is 11.0. The number of nitrogens with zero attached hydrogens (tertiary/aromatic N) is 2. The van der Waals surface area contributed by atoms with Crippen LogP contribution < -0.4 is 10.2 Å². The zero-order valence-electron chi connectivity index (χ0n) is 13.7. The molecule has 2 aliphatic heterocycles. The van der Waals surface area contributed by atoms with Crippen molar-refractivity contribution in [3.8, 4) is 0 Å². The maximum absolute atomic E-state index is 12.0. The quantitative estimate of drug-likeness (QED) is 0.930. The third kappa shape index (κ3) is 2.48. The first-order valence-electron chi connectivity index (χ1n) is 8.50. The van der Waals surface area contributed by atoms with E-state index in [-0.39, 0.29) is 11.9 Å². The average molecular weight is 313 g/mol. The summed E-state index contributed by atoms with van der Waals surface area (Å²) in [6.45, 7) is 7.02. The van der Waals surface area contributed by atoms with Crippen LogP contribution in [0.2, 0.25) is 0 Å². The first kappa shape index (κ1) is 14.5. The SMILES string of the molecule is CC(C)c1cccc(N2CC3C(C2)C3N2CCC(=O)NC2=O)c1. The lowest BCUT2D eigenvalue weighted by atomic mass is 10.0. The summed E-state index contributed by atoms with van der Waals surface area (Å²) in [5, 5.41) is 2.44. The van der Waals surface area contributed by atoms with Crippen molar-refractivity contribution in [3.05, 3.63) is 29.8 Å². The predicted molar refractivity (Wildman–Crippen MR) is 88.4 cm³/mol. The van der Waals surface area contributed by atoms with Crippen LogP contribution in [-0.2, 0) is 4.79 Å². The van der Waals surface area contributed by atoms with Gasteiger partial charge >= 0.3 is 6.03 Å². The number of hydrogen-bond donors (Lipinski definition) is 1. The van der Waals surface area contributed by atoms with Crippen LogP contribution >= 0.6 is 0 Å². The van der Waals surface area contributed by atoms with Crippen LogP contribution in [0, 0.1) is 11.8 Å². The lowest BCUT2D eigenvalue weighted by Crippen LogP contribution is -2.52. The molecule has 2 unspecified atom stereocenters. The number of hydrogen-bond acceptors (Lipinski definition) is 3. The second kappa shape index (κ2) is 5.25. The fraction of sp³-hybridized carbons (Fsp3) is 0.556. The largest absolute Gasteiger partial charge is 0.371 e. The monoisotopic (exact) mass is 313 g/mol. The maximum Gasteiger partial charge on any atom is 0.324 e. The molecule has 0 radical (unpaired) electrons. The minimum absolute atomic E-state index is 0.149. The molecule has 1 aromatic carbocycles. The zero-order valence-corrected chi connectivity index (χ0v) is 13.7. The van der Waals surface area contributed by atoms with Crippen molar-refractivity contribution in [2.75, 3.05) is 24.5 Å². The molecule has 3 aliphatic rings. The molecule has 122 valence electrons. The molecule has 1 saturated carbocycles. The second-order valence-electron chi connectivity index (χ2n) is 7.27. The van der Waals surface area contributed by atoms with Crippen molar-refractivity contribution >= 4 is 17.6 Å². The third-order valence-corrected chi connectivity index (χ3v) is 5.50. The van der Waals surface area contributed by atoms with Gasteiger partial charge in [-0.15, -0.1) is 0 Å². The van der Waals surface area contributed by atoms with E-state index in [9.17, 15) is 9.59 Å². The van der Waals surface area contributed by atoms with Gasteiger partial charge in [0.25, 0.3) is 0 Å². The Labute approximate surface area is 136 Å². The lowest BCUT2D eigenvalue weighted by molar-refractivity contribution is -0.121. The smallest absolute Gasteiger partial charge is 0.324 e. The Morgan fingerprint density at radius 1 is 1.17 bits per heavy atom. The fourth-order valence-electron chi connectivity index (χ4n) is 4.11. The highest BCUT2D eigenvalue weighted by Crippen LogP contribution is 2.50. The molecule has 0 bridgehead atoms. The molecule has 2 heterocycles. The molecule has 1 N–H and O–H groups in total. The minimum atomic E-state index is -0.200. The van der Waals surface area contributed by atoms with Gasteiger partial charge in [-0.3, -0.25) is 10.1 Å². The van der Waals surface area contributed by atoms with Gasteiger partial charge in [0.2, 0.25) is 5.91 Å². The van der Waals surface area contributed by atoms with Crippen molar-refractivity contribution in [3.63, 3.8) is 0 Å². The van der Waals surface area contributed by atoms with Gasteiger partial charge in [-0.05, 0) is 23.6 Å². The minimum Gasteiger partial charge on any atom is -0.371 e. The number of fused-ring (bicyclic) bond motifs is 1. The molecule has 1 aromatic rings. The van der Waals surface area contributed by atoms with Crippen molar-refractivity contribution in [2.45, 2.75) is 32.2 Å². The Balaban J connectivity index is 1.41. The van der Waals surface area contributed by atoms with Crippen LogP contribution in [0.1, 0.15) is 31.7 Å². The number of carbonyl (C=O) groups excluding carboxylic acids is 2. The summed E-state index contributed by atoms with van der Waals surface area (Å²) in [6.07, 6.45) is 0.432. The van der Waals surface area contributed by atoms with E-state index in [0.717, 1.165) is 13.1 Å². The normalized spacial score (nSPS) is 29.8. The summed E-state index contributed by atoms with van der Waals surface area (Å²) in [4.78, 5) is 27.5. The van der Waals surface area contributed by atoms with Gasteiger partial charge in [0.1, 0.15) is 0 Å².